The van der Waals surface area contributed by atoms with Crippen LogP contribution in [0.1, 0.15) is 16.1 Å². The van der Waals surface area contributed by atoms with Gasteiger partial charge < -0.3 is 10.2 Å². The summed E-state index contributed by atoms with van der Waals surface area (Å²) in [6.07, 6.45) is 0.982. The van der Waals surface area contributed by atoms with Crippen LogP contribution in [0.4, 0.5) is 5.69 Å². The third-order valence-electron chi connectivity index (χ3n) is 3.87. The molecule has 0 aliphatic carbocycles. The molecule has 134 valence electrons. The Morgan fingerprint density at radius 1 is 1.19 bits per heavy atom. The second-order valence-electron chi connectivity index (χ2n) is 6.25. The zero-order valence-electron chi connectivity index (χ0n) is 14.7. The van der Waals surface area contributed by atoms with E-state index in [1.807, 2.05) is 48.5 Å². The zero-order chi connectivity index (χ0) is 18.5. The van der Waals surface area contributed by atoms with Gasteiger partial charge in [0.25, 0.3) is 5.91 Å². The minimum absolute atomic E-state index is 0.212. The largest absolute Gasteiger partial charge is 0.321 e. The van der Waals surface area contributed by atoms with Gasteiger partial charge in [0.15, 0.2) is 0 Å². The van der Waals surface area contributed by atoms with Crippen LogP contribution < -0.4 is 5.32 Å². The fourth-order valence-corrected chi connectivity index (χ4v) is 3.42. The predicted molar refractivity (Wildman–Crippen MR) is 109 cm³/mol. The molecular weight excluding hydrogens is 366 g/mol. The summed E-state index contributed by atoms with van der Waals surface area (Å²) in [6, 6.07) is 15.4. The maximum atomic E-state index is 12.4. The highest BCUT2D eigenvalue weighted by atomic mass is 35.5. The summed E-state index contributed by atoms with van der Waals surface area (Å²) in [7, 11) is 4.11. The van der Waals surface area contributed by atoms with Gasteiger partial charge in [-0.25, -0.2) is 4.98 Å². The first-order chi connectivity index (χ1) is 12.5. The molecule has 0 bridgehead atoms. The summed E-state index contributed by atoms with van der Waals surface area (Å²) in [4.78, 5) is 19.0. The first-order valence-electron chi connectivity index (χ1n) is 8.28. The Labute approximate surface area is 162 Å². The molecule has 4 nitrogen and oxygen atoms in total. The fraction of sp³-hybridized carbons (Fsp3) is 0.200. The molecule has 3 aromatic rings. The number of benzene rings is 2. The lowest BCUT2D eigenvalue weighted by Gasteiger charge is -2.09. The van der Waals surface area contributed by atoms with Crippen molar-refractivity contribution in [3.05, 3.63) is 70.2 Å². The molecule has 1 N–H and O–H groups in total. The lowest BCUT2D eigenvalue weighted by Crippen LogP contribution is -2.15. The number of rotatable bonds is 6. The molecule has 0 radical (unpaired) electrons. The van der Waals surface area contributed by atoms with Gasteiger partial charge >= 0.3 is 0 Å². The van der Waals surface area contributed by atoms with Crippen molar-refractivity contribution in [3.63, 3.8) is 0 Å². The van der Waals surface area contributed by atoms with E-state index in [-0.39, 0.29) is 5.91 Å². The molecule has 26 heavy (non-hydrogen) atoms. The monoisotopic (exact) mass is 385 g/mol. The summed E-state index contributed by atoms with van der Waals surface area (Å²) in [5.74, 6) is -0.212. The van der Waals surface area contributed by atoms with E-state index in [1.165, 1.54) is 16.9 Å². The van der Waals surface area contributed by atoms with Crippen molar-refractivity contribution in [2.45, 2.75) is 6.42 Å². The number of thiazole rings is 1. The number of amides is 1. The molecule has 2 aromatic carbocycles. The molecule has 3 rings (SSSR count). The molecule has 0 aliphatic heterocycles. The molecular formula is C20H20ClN3OS. The van der Waals surface area contributed by atoms with Crippen molar-refractivity contribution < 1.29 is 4.79 Å². The first kappa shape index (κ1) is 18.6. The number of nitrogens with one attached hydrogen (secondary N) is 1. The van der Waals surface area contributed by atoms with Gasteiger partial charge in [0.1, 0.15) is 10.7 Å². The van der Waals surface area contributed by atoms with Crippen molar-refractivity contribution in [1.29, 1.82) is 0 Å². The smallest absolute Gasteiger partial charge is 0.275 e. The van der Waals surface area contributed by atoms with Gasteiger partial charge in [-0.05, 0) is 50.3 Å². The number of nitrogens with zero attached hydrogens (tertiary/aromatic N) is 2. The van der Waals surface area contributed by atoms with Crippen molar-refractivity contribution in [3.8, 4) is 10.6 Å². The normalized spacial score (nSPS) is 10.9. The molecule has 1 aromatic heterocycles. The van der Waals surface area contributed by atoms with Gasteiger partial charge in [-0.15, -0.1) is 11.3 Å². The number of anilines is 1. The third-order valence-corrected chi connectivity index (χ3v) is 4.99. The van der Waals surface area contributed by atoms with Gasteiger partial charge in [0.2, 0.25) is 0 Å². The highest BCUT2D eigenvalue weighted by molar-refractivity contribution is 7.13. The molecule has 1 amide bonds. The Balaban J connectivity index is 1.65. The van der Waals surface area contributed by atoms with E-state index < -0.39 is 0 Å². The summed E-state index contributed by atoms with van der Waals surface area (Å²) >= 11 is 7.45. The summed E-state index contributed by atoms with van der Waals surface area (Å²) < 4.78 is 0. The maximum absolute atomic E-state index is 12.4. The number of halogens is 1. The minimum atomic E-state index is -0.212. The van der Waals surface area contributed by atoms with Gasteiger partial charge in [0, 0.05) is 28.2 Å². The number of likely N-dealkylation sites (N-methyl/N-ethyl adjacent to an activating group) is 1. The van der Waals surface area contributed by atoms with Crippen molar-refractivity contribution >= 4 is 34.5 Å². The van der Waals surface area contributed by atoms with Crippen LogP contribution in [0.25, 0.3) is 10.6 Å². The van der Waals surface area contributed by atoms with Gasteiger partial charge in [-0.2, -0.15) is 0 Å². The Morgan fingerprint density at radius 2 is 1.96 bits per heavy atom. The summed E-state index contributed by atoms with van der Waals surface area (Å²) in [5, 5.41) is 6.08. The molecule has 0 fully saturated rings. The number of hydrogen-bond donors (Lipinski definition) is 1. The molecule has 0 saturated heterocycles. The number of carbonyl (C=O) groups is 1. The van der Waals surface area contributed by atoms with Crippen LogP contribution in [0.2, 0.25) is 5.02 Å². The topological polar surface area (TPSA) is 45.2 Å². The SMILES string of the molecule is CN(C)CCc1ccc(NC(=O)c2csc(-c3cccc(Cl)c3)n2)cc1. The molecule has 6 heteroatoms. The highest BCUT2D eigenvalue weighted by Crippen LogP contribution is 2.26. The molecule has 1 heterocycles. The first-order valence-corrected chi connectivity index (χ1v) is 9.53. The number of hydrogen-bond acceptors (Lipinski definition) is 4. The summed E-state index contributed by atoms with van der Waals surface area (Å²) in [5.41, 5.74) is 3.32. The third kappa shape index (κ3) is 4.91. The van der Waals surface area contributed by atoms with E-state index in [9.17, 15) is 4.79 Å². The standard InChI is InChI=1S/C20H20ClN3OS/c1-24(2)11-10-14-6-8-17(9-7-14)22-19(25)18-13-26-20(23-18)15-4-3-5-16(21)12-15/h3-9,12-13H,10-11H2,1-2H3,(H,22,25). The molecule has 0 spiro atoms. The Hall–Kier alpha value is -2.21. The predicted octanol–water partition coefficient (Wildman–Crippen LogP) is 4.82. The molecule has 0 saturated carbocycles. The summed E-state index contributed by atoms with van der Waals surface area (Å²) in [6.45, 7) is 0.997. The average molecular weight is 386 g/mol. The Morgan fingerprint density at radius 3 is 2.65 bits per heavy atom. The second kappa shape index (κ2) is 8.45. The van der Waals surface area contributed by atoms with E-state index in [0.29, 0.717) is 10.7 Å². The van der Waals surface area contributed by atoms with Crippen LogP contribution in [0.15, 0.2) is 53.9 Å². The maximum Gasteiger partial charge on any atom is 0.275 e. The second-order valence-corrected chi connectivity index (χ2v) is 7.55. The lowest BCUT2D eigenvalue weighted by molar-refractivity contribution is 0.102. The van der Waals surface area contributed by atoms with Crippen molar-refractivity contribution in [1.82, 2.24) is 9.88 Å². The van der Waals surface area contributed by atoms with E-state index >= 15 is 0 Å². The van der Waals surface area contributed by atoms with Crippen molar-refractivity contribution in [2.24, 2.45) is 0 Å². The van der Waals surface area contributed by atoms with Gasteiger partial charge in [-0.1, -0.05) is 35.9 Å². The Kier molecular flexibility index (Phi) is 6.04. The van der Waals surface area contributed by atoms with Crippen LogP contribution in [0.5, 0.6) is 0 Å². The molecule has 0 aliphatic rings. The van der Waals surface area contributed by atoms with E-state index in [2.05, 4.69) is 29.3 Å². The van der Waals surface area contributed by atoms with E-state index in [1.54, 1.807) is 5.38 Å². The van der Waals surface area contributed by atoms with Crippen LogP contribution >= 0.6 is 22.9 Å². The fourth-order valence-electron chi connectivity index (χ4n) is 2.43. The van der Waals surface area contributed by atoms with Crippen LogP contribution in [-0.2, 0) is 6.42 Å². The molecule has 0 atom stereocenters. The molecule has 0 unspecified atom stereocenters. The average Bonchev–Trinajstić information content (AvgIpc) is 3.11. The number of carbonyl (C=O) groups excluding carboxylic acids is 1. The zero-order valence-corrected chi connectivity index (χ0v) is 16.3. The number of aromatic nitrogens is 1. The van der Waals surface area contributed by atoms with Crippen LogP contribution in [0, 0.1) is 0 Å². The van der Waals surface area contributed by atoms with Crippen LogP contribution in [-0.4, -0.2) is 36.4 Å². The van der Waals surface area contributed by atoms with E-state index in [4.69, 9.17) is 11.6 Å². The van der Waals surface area contributed by atoms with Crippen LogP contribution in [0.3, 0.4) is 0 Å². The van der Waals surface area contributed by atoms with E-state index in [0.717, 1.165) is 29.2 Å². The van der Waals surface area contributed by atoms with Gasteiger partial charge in [0.05, 0.1) is 0 Å². The van der Waals surface area contributed by atoms with Crippen molar-refractivity contribution in [2.75, 3.05) is 26.0 Å². The van der Waals surface area contributed by atoms with Gasteiger partial charge in [-0.3, -0.25) is 4.79 Å². The quantitative estimate of drug-likeness (QED) is 0.661. The Bertz CT molecular complexity index is 890. The highest BCUT2D eigenvalue weighted by Gasteiger charge is 2.12. The minimum Gasteiger partial charge on any atom is -0.321 e. The lowest BCUT2D eigenvalue weighted by atomic mass is 10.1.